The summed E-state index contributed by atoms with van der Waals surface area (Å²) < 4.78 is 0. The van der Waals surface area contributed by atoms with Gasteiger partial charge >= 0.3 is 0 Å². The van der Waals surface area contributed by atoms with E-state index in [1.165, 1.54) is 121 Å². The zero-order valence-electron chi connectivity index (χ0n) is 57.6. The summed E-state index contributed by atoms with van der Waals surface area (Å²) in [5.74, 6) is 0. The average Bonchev–Trinajstić information content (AvgIpc) is 1.46. The molecule has 2 heteroatoms. The lowest BCUT2D eigenvalue weighted by Crippen LogP contribution is -2.50. The Balaban J connectivity index is 1.13. The van der Waals surface area contributed by atoms with Crippen molar-refractivity contribution in [2.45, 2.75) is 116 Å². The predicted molar refractivity (Wildman–Crippen MR) is 411 cm³/mol. The van der Waals surface area contributed by atoms with Crippen molar-refractivity contribution in [2.75, 3.05) is 9.80 Å². The van der Waals surface area contributed by atoms with E-state index in [-0.39, 0.29) is 21.7 Å². The molecule has 0 radical (unpaired) electrons. The molecule has 2 aliphatic carbocycles. The summed E-state index contributed by atoms with van der Waals surface area (Å²) in [5.41, 5.74) is 22.3. The zero-order chi connectivity index (χ0) is 66.3. The second-order valence-corrected chi connectivity index (χ2v) is 31.2. The smallest absolute Gasteiger partial charge is 0.0642 e. The van der Waals surface area contributed by atoms with Gasteiger partial charge in [0.05, 0.1) is 22.2 Å². The van der Waals surface area contributed by atoms with Crippen molar-refractivity contribution in [2.24, 2.45) is 0 Å². The van der Waals surface area contributed by atoms with Gasteiger partial charge < -0.3 is 9.80 Å². The minimum Gasteiger partial charge on any atom is -0.310 e. The fourth-order valence-electron chi connectivity index (χ4n) is 16.7. The number of nitrogens with zero attached hydrogens (tertiary/aromatic N) is 2. The molecule has 96 heavy (non-hydrogen) atoms. The molecule has 2 nitrogen and oxygen atoms in total. The average molecular weight is 1240 g/mol. The molecule has 0 N–H and O–H groups in total. The summed E-state index contributed by atoms with van der Waals surface area (Å²) in [4.78, 5) is 5.13. The van der Waals surface area contributed by atoms with Crippen LogP contribution >= 0.6 is 0 Å². The van der Waals surface area contributed by atoms with E-state index < -0.39 is 10.8 Å². The van der Waals surface area contributed by atoms with Crippen LogP contribution in [0.3, 0.4) is 0 Å². The van der Waals surface area contributed by atoms with Crippen LogP contribution in [-0.2, 0) is 32.5 Å². The lowest BCUT2D eigenvalue weighted by atomic mass is 9.49. The van der Waals surface area contributed by atoms with Gasteiger partial charge in [-0.1, -0.05) is 314 Å². The first-order chi connectivity index (χ1) is 46.2. The van der Waals surface area contributed by atoms with Crippen molar-refractivity contribution in [3.8, 4) is 22.3 Å². The van der Waals surface area contributed by atoms with E-state index in [1.54, 1.807) is 0 Å². The second-order valence-electron chi connectivity index (χ2n) is 31.2. The molecule has 14 aromatic rings. The molecule has 0 spiro atoms. The Morgan fingerprint density at radius 2 is 0.469 bits per heavy atom. The monoisotopic (exact) mass is 1240 g/mol. The summed E-state index contributed by atoms with van der Waals surface area (Å²) in [6.07, 6.45) is 0. The first-order valence-corrected chi connectivity index (χ1v) is 34.5. The Labute approximate surface area is 568 Å². The summed E-state index contributed by atoms with van der Waals surface area (Å²) >= 11 is 0. The van der Waals surface area contributed by atoms with Crippen molar-refractivity contribution in [3.05, 3.63) is 347 Å². The molecule has 0 aliphatic heterocycles. The third kappa shape index (κ3) is 9.26. The number of benzene rings is 14. The maximum Gasteiger partial charge on any atom is 0.0642 e. The van der Waals surface area contributed by atoms with Crippen LogP contribution in [0, 0.1) is 0 Å². The molecule has 0 saturated heterocycles. The topological polar surface area (TPSA) is 6.48 Å². The Morgan fingerprint density at radius 3 is 0.760 bits per heavy atom. The minimum atomic E-state index is -1.00. The Kier molecular flexibility index (Phi) is 14.0. The second kappa shape index (κ2) is 22.2. The van der Waals surface area contributed by atoms with Crippen LogP contribution in [0.15, 0.2) is 291 Å². The normalized spacial score (nSPS) is 16.0. The van der Waals surface area contributed by atoms with Gasteiger partial charge in [0.25, 0.3) is 0 Å². The molecule has 470 valence electrons. The van der Waals surface area contributed by atoms with Crippen LogP contribution in [0.5, 0.6) is 0 Å². The molecule has 2 atom stereocenters. The van der Waals surface area contributed by atoms with E-state index in [2.05, 4.69) is 384 Å². The van der Waals surface area contributed by atoms with Crippen molar-refractivity contribution >= 4 is 77.2 Å². The van der Waals surface area contributed by atoms with Crippen LogP contribution in [0.1, 0.15) is 139 Å². The number of fused-ring (bicyclic) bond motifs is 14. The van der Waals surface area contributed by atoms with E-state index in [0.29, 0.717) is 0 Å². The van der Waals surface area contributed by atoms with E-state index in [9.17, 15) is 0 Å². The molecule has 0 amide bonds. The maximum absolute atomic E-state index is 2.67. The standard InChI is InChI=1S/C94H84N2/c1-89(2,3)63-41-49-69(50-42-63)95(70-51-43-64(44-52-70)90(4,5)6)83-59-81-87(77-37-25-23-35-75(77)83)85-73-33-21-19-27-61(73)39-57-79(85)93(81,67-29-15-13-16-30-67)94(68-31-17-14-18-32-68)80-58-40-62-28-20-22-34-74(62)86(80)88-78-38-26-24-36-76(78)84(60-82(88)94)96(71-53-45-65(46-54-71)91(7,8)9)72-55-47-66(48-56-72)92(10,11)12/h13-60H,1-12H3. The number of anilines is 6. The molecule has 2 unspecified atom stereocenters. The summed E-state index contributed by atoms with van der Waals surface area (Å²) in [6, 6.07) is 113. The highest BCUT2D eigenvalue weighted by Gasteiger charge is 2.65. The summed E-state index contributed by atoms with van der Waals surface area (Å²) in [7, 11) is 0. The van der Waals surface area contributed by atoms with Crippen molar-refractivity contribution in [1.29, 1.82) is 0 Å². The van der Waals surface area contributed by atoms with Crippen molar-refractivity contribution < 1.29 is 0 Å². The largest absolute Gasteiger partial charge is 0.310 e. The quantitative estimate of drug-likeness (QED) is 0.142. The molecule has 2 aliphatic rings. The third-order valence-electron chi connectivity index (χ3n) is 21.4. The van der Waals surface area contributed by atoms with Gasteiger partial charge in [-0.2, -0.15) is 0 Å². The Hall–Kier alpha value is -10.3. The Bertz CT molecular complexity index is 4890. The van der Waals surface area contributed by atoms with Crippen LogP contribution in [-0.4, -0.2) is 0 Å². The van der Waals surface area contributed by atoms with Crippen LogP contribution in [0.4, 0.5) is 34.1 Å². The third-order valence-corrected chi connectivity index (χ3v) is 21.4. The molecule has 0 aromatic heterocycles. The first-order valence-electron chi connectivity index (χ1n) is 34.5. The van der Waals surface area contributed by atoms with E-state index >= 15 is 0 Å². The highest BCUT2D eigenvalue weighted by atomic mass is 15.2. The molecular weight excluding hydrogens is 1160 g/mol. The molecular formula is C94H84N2. The molecule has 0 saturated carbocycles. The fraction of sp³-hybridized carbons (Fsp3) is 0.191. The lowest BCUT2D eigenvalue weighted by molar-refractivity contribution is 0.438. The molecule has 0 bridgehead atoms. The SMILES string of the molecule is CC(C)(C)c1ccc(N(c2ccc(C(C)(C)C)cc2)c2cc3c(c4ccccc24)-c2c(ccc4ccccc24)C3(c2ccccc2)C2(c3ccccc3)c3ccc4ccccc4c3-c3c2cc(N(c2ccc(C(C)(C)C)cc2)c2ccc(C(C)(C)C)cc2)c2ccccc32)cc1. The molecule has 16 rings (SSSR count). The highest BCUT2D eigenvalue weighted by molar-refractivity contribution is 6.19. The maximum atomic E-state index is 2.67. The van der Waals surface area contributed by atoms with E-state index in [1.807, 2.05) is 0 Å². The van der Waals surface area contributed by atoms with Gasteiger partial charge in [-0.3, -0.25) is 0 Å². The van der Waals surface area contributed by atoms with Crippen LogP contribution in [0.2, 0.25) is 0 Å². The van der Waals surface area contributed by atoms with Gasteiger partial charge in [-0.05, 0) is 193 Å². The highest BCUT2D eigenvalue weighted by Crippen LogP contribution is 2.73. The first kappa shape index (κ1) is 60.6. The number of hydrogen-bond acceptors (Lipinski definition) is 2. The lowest BCUT2D eigenvalue weighted by Gasteiger charge is -2.51. The van der Waals surface area contributed by atoms with Gasteiger partial charge in [0.15, 0.2) is 0 Å². The van der Waals surface area contributed by atoms with Crippen molar-refractivity contribution in [3.63, 3.8) is 0 Å². The minimum absolute atomic E-state index is 0.0389. The molecule has 0 heterocycles. The molecule has 14 aromatic carbocycles. The van der Waals surface area contributed by atoms with Crippen molar-refractivity contribution in [1.82, 2.24) is 0 Å². The fourth-order valence-corrected chi connectivity index (χ4v) is 16.7. The van der Waals surface area contributed by atoms with Crippen LogP contribution in [0.25, 0.3) is 65.3 Å². The predicted octanol–water partition coefficient (Wildman–Crippen LogP) is 25.8. The van der Waals surface area contributed by atoms with Gasteiger partial charge in [-0.25, -0.2) is 0 Å². The van der Waals surface area contributed by atoms with Gasteiger partial charge in [0.1, 0.15) is 0 Å². The van der Waals surface area contributed by atoms with Gasteiger partial charge in [-0.15, -0.1) is 0 Å². The zero-order valence-corrected chi connectivity index (χ0v) is 57.6. The van der Waals surface area contributed by atoms with Gasteiger partial charge in [0.2, 0.25) is 0 Å². The van der Waals surface area contributed by atoms with E-state index in [0.717, 1.165) is 34.1 Å². The van der Waals surface area contributed by atoms with Gasteiger partial charge in [0, 0.05) is 33.5 Å². The Morgan fingerprint density at radius 1 is 0.219 bits per heavy atom. The van der Waals surface area contributed by atoms with Crippen LogP contribution < -0.4 is 9.80 Å². The number of rotatable bonds is 9. The summed E-state index contributed by atoms with van der Waals surface area (Å²) in [5, 5.41) is 9.70. The summed E-state index contributed by atoms with van der Waals surface area (Å²) in [6.45, 7) is 27.7. The molecule has 0 fully saturated rings. The number of hydrogen-bond donors (Lipinski definition) is 0. The van der Waals surface area contributed by atoms with E-state index in [4.69, 9.17) is 0 Å².